The Bertz CT molecular complexity index is 570. The fourth-order valence-corrected chi connectivity index (χ4v) is 3.35. The number of esters is 1. The molecule has 0 saturated heterocycles. The van der Waals surface area contributed by atoms with Gasteiger partial charge < -0.3 is 4.74 Å². The fraction of sp³-hybridized carbons (Fsp3) is 0.286. The van der Waals surface area contributed by atoms with E-state index >= 15 is 0 Å². The number of ether oxygens (including phenoxy) is 1. The minimum Gasteiger partial charge on any atom is -0.466 e. The Morgan fingerprint density at radius 1 is 1.47 bits per heavy atom. The van der Waals surface area contributed by atoms with Crippen LogP contribution in [0.25, 0.3) is 6.08 Å². The molecule has 0 aliphatic carbocycles. The van der Waals surface area contributed by atoms with Crippen molar-refractivity contribution in [3.63, 3.8) is 0 Å². The standard InChI is InChI=1S/C14H15NO2S2/c1-10-7-12(4-3-11-8-18-9-15-11)19-13(10)5-6-14(16)17-2/h5-9H,3-4H2,1-2H3/b6-5+. The number of thiophene rings is 1. The van der Waals surface area contributed by atoms with Crippen LogP contribution in [-0.4, -0.2) is 18.1 Å². The molecule has 2 heterocycles. The third-order valence-corrected chi connectivity index (χ3v) is 4.59. The summed E-state index contributed by atoms with van der Waals surface area (Å²) in [6.45, 7) is 2.06. The summed E-state index contributed by atoms with van der Waals surface area (Å²) in [7, 11) is 1.38. The highest BCUT2D eigenvalue weighted by Crippen LogP contribution is 2.24. The van der Waals surface area contributed by atoms with Crippen LogP contribution in [0.4, 0.5) is 0 Å². The predicted octanol–water partition coefficient (Wildman–Crippen LogP) is 3.48. The Kier molecular flexibility index (Phi) is 4.87. The summed E-state index contributed by atoms with van der Waals surface area (Å²) >= 11 is 3.34. The van der Waals surface area contributed by atoms with E-state index in [1.54, 1.807) is 22.7 Å². The lowest BCUT2D eigenvalue weighted by molar-refractivity contribution is -0.134. The molecule has 2 aromatic heterocycles. The number of rotatable bonds is 5. The van der Waals surface area contributed by atoms with E-state index < -0.39 is 0 Å². The summed E-state index contributed by atoms with van der Waals surface area (Å²) in [5.41, 5.74) is 4.20. The number of carbonyl (C=O) groups is 1. The molecule has 0 aromatic carbocycles. The summed E-state index contributed by atoms with van der Waals surface area (Å²) in [5, 5.41) is 2.08. The summed E-state index contributed by atoms with van der Waals surface area (Å²) in [5.74, 6) is -0.322. The maximum atomic E-state index is 11.1. The molecule has 19 heavy (non-hydrogen) atoms. The maximum absolute atomic E-state index is 11.1. The lowest BCUT2D eigenvalue weighted by Gasteiger charge is -1.93. The van der Waals surface area contributed by atoms with Crippen LogP contribution in [0.15, 0.2) is 23.0 Å². The molecule has 0 radical (unpaired) electrons. The number of hydrogen-bond acceptors (Lipinski definition) is 5. The molecule has 0 aliphatic rings. The number of hydrogen-bond donors (Lipinski definition) is 0. The largest absolute Gasteiger partial charge is 0.466 e. The van der Waals surface area contributed by atoms with E-state index in [-0.39, 0.29) is 5.97 Å². The molecule has 0 spiro atoms. The third kappa shape index (κ3) is 4.01. The van der Waals surface area contributed by atoms with Crippen LogP contribution in [0, 0.1) is 6.92 Å². The van der Waals surface area contributed by atoms with Gasteiger partial charge in [-0.2, -0.15) is 0 Å². The lowest BCUT2D eigenvalue weighted by atomic mass is 10.2. The zero-order chi connectivity index (χ0) is 13.7. The van der Waals surface area contributed by atoms with Gasteiger partial charge in [0, 0.05) is 21.2 Å². The van der Waals surface area contributed by atoms with E-state index in [1.807, 2.05) is 11.6 Å². The highest BCUT2D eigenvalue weighted by atomic mass is 32.1. The predicted molar refractivity (Wildman–Crippen MR) is 79.6 cm³/mol. The summed E-state index contributed by atoms with van der Waals surface area (Å²) in [6, 6.07) is 2.17. The second-order valence-electron chi connectivity index (χ2n) is 4.10. The highest BCUT2D eigenvalue weighted by Gasteiger charge is 2.05. The normalized spacial score (nSPS) is 11.1. The monoisotopic (exact) mass is 293 g/mol. The quantitative estimate of drug-likeness (QED) is 0.626. The van der Waals surface area contributed by atoms with Gasteiger partial charge >= 0.3 is 5.97 Å². The maximum Gasteiger partial charge on any atom is 0.330 e. The van der Waals surface area contributed by atoms with Crippen molar-refractivity contribution in [1.29, 1.82) is 0 Å². The van der Waals surface area contributed by atoms with E-state index in [1.165, 1.54) is 23.6 Å². The van der Waals surface area contributed by atoms with E-state index in [0.29, 0.717) is 0 Å². The van der Waals surface area contributed by atoms with Crippen molar-refractivity contribution in [2.24, 2.45) is 0 Å². The smallest absolute Gasteiger partial charge is 0.330 e. The summed E-state index contributed by atoms with van der Waals surface area (Å²) in [4.78, 5) is 17.8. The van der Waals surface area contributed by atoms with E-state index in [0.717, 1.165) is 23.4 Å². The molecule has 0 aliphatic heterocycles. The third-order valence-electron chi connectivity index (χ3n) is 2.69. The first-order valence-electron chi connectivity index (χ1n) is 5.91. The average molecular weight is 293 g/mol. The van der Waals surface area contributed by atoms with Crippen molar-refractivity contribution in [3.8, 4) is 0 Å². The van der Waals surface area contributed by atoms with Crippen molar-refractivity contribution in [2.75, 3.05) is 7.11 Å². The van der Waals surface area contributed by atoms with Gasteiger partial charge in [-0.25, -0.2) is 9.78 Å². The van der Waals surface area contributed by atoms with Gasteiger partial charge in [-0.15, -0.1) is 22.7 Å². The fourth-order valence-electron chi connectivity index (χ4n) is 1.68. The molecular weight excluding hydrogens is 278 g/mol. The lowest BCUT2D eigenvalue weighted by Crippen LogP contribution is -1.92. The molecular formula is C14H15NO2S2. The van der Waals surface area contributed by atoms with Gasteiger partial charge in [0.15, 0.2) is 0 Å². The molecule has 0 N–H and O–H groups in total. The first-order chi connectivity index (χ1) is 9.19. The highest BCUT2D eigenvalue weighted by molar-refractivity contribution is 7.13. The number of aromatic nitrogens is 1. The van der Waals surface area contributed by atoms with Crippen LogP contribution in [0.1, 0.15) is 21.0 Å². The molecule has 2 aromatic rings. The van der Waals surface area contributed by atoms with Crippen LogP contribution < -0.4 is 0 Å². The number of thiazole rings is 1. The topological polar surface area (TPSA) is 39.2 Å². The Balaban J connectivity index is 2.00. The van der Waals surface area contributed by atoms with E-state index in [9.17, 15) is 4.79 Å². The second kappa shape index (κ2) is 6.63. The average Bonchev–Trinajstić information content (AvgIpc) is 3.03. The van der Waals surface area contributed by atoms with Crippen molar-refractivity contribution in [2.45, 2.75) is 19.8 Å². The molecule has 0 unspecified atom stereocenters. The Morgan fingerprint density at radius 2 is 2.32 bits per heavy atom. The zero-order valence-corrected chi connectivity index (χ0v) is 12.5. The Morgan fingerprint density at radius 3 is 3.00 bits per heavy atom. The van der Waals surface area contributed by atoms with Crippen molar-refractivity contribution >= 4 is 34.7 Å². The number of methoxy groups -OCH3 is 1. The van der Waals surface area contributed by atoms with Crippen LogP contribution in [-0.2, 0) is 22.4 Å². The zero-order valence-electron chi connectivity index (χ0n) is 10.9. The molecule has 0 fully saturated rings. The summed E-state index contributed by atoms with van der Waals surface area (Å²) in [6.07, 6.45) is 5.23. The minimum atomic E-state index is -0.322. The van der Waals surface area contributed by atoms with Gasteiger partial charge in [0.2, 0.25) is 0 Å². The molecule has 100 valence electrons. The van der Waals surface area contributed by atoms with Gasteiger partial charge in [-0.1, -0.05) is 0 Å². The molecule has 2 rings (SSSR count). The first-order valence-corrected chi connectivity index (χ1v) is 7.67. The van der Waals surface area contributed by atoms with Crippen LogP contribution in [0.3, 0.4) is 0 Å². The van der Waals surface area contributed by atoms with Gasteiger partial charge in [0.1, 0.15) is 0 Å². The van der Waals surface area contributed by atoms with Gasteiger partial charge in [0.25, 0.3) is 0 Å². The van der Waals surface area contributed by atoms with Crippen molar-refractivity contribution in [1.82, 2.24) is 4.98 Å². The first kappa shape index (κ1) is 14.0. The Labute approximate surface area is 120 Å². The van der Waals surface area contributed by atoms with Crippen molar-refractivity contribution < 1.29 is 9.53 Å². The number of nitrogens with zero attached hydrogens (tertiary/aromatic N) is 1. The van der Waals surface area contributed by atoms with Crippen molar-refractivity contribution in [3.05, 3.63) is 44.0 Å². The molecule has 0 bridgehead atoms. The molecule has 3 nitrogen and oxygen atoms in total. The summed E-state index contributed by atoms with van der Waals surface area (Å²) < 4.78 is 4.59. The number of carbonyl (C=O) groups excluding carboxylic acids is 1. The molecule has 5 heteroatoms. The Hall–Kier alpha value is -1.46. The minimum absolute atomic E-state index is 0.322. The van der Waals surface area contributed by atoms with Crippen LogP contribution in [0.5, 0.6) is 0 Å². The second-order valence-corrected chi connectivity index (χ2v) is 5.98. The molecule has 0 atom stereocenters. The van der Waals surface area contributed by atoms with Crippen LogP contribution in [0.2, 0.25) is 0 Å². The van der Waals surface area contributed by atoms with E-state index in [2.05, 4.69) is 28.1 Å². The van der Waals surface area contributed by atoms with Gasteiger partial charge in [-0.3, -0.25) is 0 Å². The van der Waals surface area contributed by atoms with Gasteiger partial charge in [0.05, 0.1) is 18.3 Å². The van der Waals surface area contributed by atoms with Gasteiger partial charge in [-0.05, 0) is 37.5 Å². The molecule has 0 saturated carbocycles. The molecule has 0 amide bonds. The number of aryl methyl sites for hydroxylation is 3. The van der Waals surface area contributed by atoms with Crippen LogP contribution >= 0.6 is 22.7 Å². The SMILES string of the molecule is COC(=O)/C=C/c1sc(CCc2cscn2)cc1C. The van der Waals surface area contributed by atoms with E-state index in [4.69, 9.17) is 0 Å².